The molecule has 0 saturated heterocycles. The van der Waals surface area contributed by atoms with Crippen molar-refractivity contribution >= 4 is 43.7 Å². The number of imidazole rings is 1. The van der Waals surface area contributed by atoms with Crippen LogP contribution in [0.4, 0.5) is 8.78 Å². The Hall–Kier alpha value is -5.29. The van der Waals surface area contributed by atoms with Gasteiger partial charge in [0.2, 0.25) is 0 Å². The van der Waals surface area contributed by atoms with Gasteiger partial charge in [0.1, 0.15) is 28.6 Å². The van der Waals surface area contributed by atoms with Crippen molar-refractivity contribution in [1.82, 2.24) is 9.55 Å². The third-order valence-electron chi connectivity index (χ3n) is 7.55. The highest BCUT2D eigenvalue weighted by Crippen LogP contribution is 2.38. The zero-order valence-corrected chi connectivity index (χ0v) is 21.1. The zero-order chi connectivity index (χ0) is 26.8. The van der Waals surface area contributed by atoms with E-state index in [2.05, 4.69) is 53.1 Å². The number of halogens is 2. The molecule has 40 heavy (non-hydrogen) atoms. The number of fused-ring (bicyclic) bond motifs is 5. The van der Waals surface area contributed by atoms with Gasteiger partial charge in [0.15, 0.2) is 0 Å². The lowest BCUT2D eigenvalue weighted by atomic mass is 10.0. The molecule has 0 spiro atoms. The van der Waals surface area contributed by atoms with Gasteiger partial charge in [-0.05, 0) is 71.6 Å². The van der Waals surface area contributed by atoms with E-state index in [9.17, 15) is 8.78 Å². The first-order chi connectivity index (χ1) is 19.7. The van der Waals surface area contributed by atoms with E-state index in [1.54, 1.807) is 12.1 Å². The zero-order valence-electron chi connectivity index (χ0n) is 21.1. The summed E-state index contributed by atoms with van der Waals surface area (Å²) in [5.41, 5.74) is 5.53. The van der Waals surface area contributed by atoms with Gasteiger partial charge in [-0.3, -0.25) is 4.57 Å². The van der Waals surface area contributed by atoms with Gasteiger partial charge >= 0.3 is 0 Å². The number of furan rings is 1. The van der Waals surface area contributed by atoms with E-state index in [0.717, 1.165) is 49.7 Å². The van der Waals surface area contributed by atoms with Gasteiger partial charge in [-0.2, -0.15) is 0 Å². The van der Waals surface area contributed by atoms with Crippen molar-refractivity contribution in [3.05, 3.63) is 133 Å². The molecule has 0 atom stereocenters. The maximum atomic E-state index is 14.5. The summed E-state index contributed by atoms with van der Waals surface area (Å²) in [4.78, 5) is 5.06. The maximum Gasteiger partial charge on any atom is 0.145 e. The van der Waals surface area contributed by atoms with Crippen LogP contribution in [0.2, 0.25) is 0 Å². The quantitative estimate of drug-likeness (QED) is 0.231. The summed E-state index contributed by atoms with van der Waals surface area (Å²) >= 11 is 0. The fourth-order valence-corrected chi connectivity index (χ4v) is 5.71. The average molecular weight is 523 g/mol. The normalized spacial score (nSPS) is 11.8. The molecular formula is C35H20F2N2O. The highest BCUT2D eigenvalue weighted by molar-refractivity contribution is 6.07. The van der Waals surface area contributed by atoms with Crippen LogP contribution in [0.3, 0.4) is 0 Å². The second-order valence-electron chi connectivity index (χ2n) is 9.88. The van der Waals surface area contributed by atoms with Gasteiger partial charge in [-0.25, -0.2) is 13.8 Å². The van der Waals surface area contributed by atoms with Crippen LogP contribution >= 0.6 is 0 Å². The van der Waals surface area contributed by atoms with Crippen LogP contribution in [0.15, 0.2) is 126 Å². The lowest BCUT2D eigenvalue weighted by molar-refractivity contribution is 0.589. The summed E-state index contributed by atoms with van der Waals surface area (Å²) in [5, 5.41) is 4.06. The molecule has 3 nitrogen and oxygen atoms in total. The van der Waals surface area contributed by atoms with Crippen LogP contribution < -0.4 is 0 Å². The Morgan fingerprint density at radius 1 is 0.575 bits per heavy atom. The summed E-state index contributed by atoms with van der Waals surface area (Å²) in [7, 11) is 0. The second-order valence-corrected chi connectivity index (χ2v) is 9.88. The fourth-order valence-electron chi connectivity index (χ4n) is 5.71. The Kier molecular flexibility index (Phi) is 4.88. The number of rotatable bonds is 3. The van der Waals surface area contributed by atoms with Crippen LogP contribution in [-0.4, -0.2) is 9.55 Å². The Morgan fingerprint density at radius 2 is 1.32 bits per heavy atom. The van der Waals surface area contributed by atoms with Gasteiger partial charge in [-0.1, -0.05) is 60.7 Å². The number of nitrogens with zero attached hydrogens (tertiary/aromatic N) is 2. The van der Waals surface area contributed by atoms with Crippen molar-refractivity contribution < 1.29 is 13.2 Å². The smallest absolute Gasteiger partial charge is 0.145 e. The molecule has 8 aromatic rings. The van der Waals surface area contributed by atoms with Crippen LogP contribution in [0, 0.1) is 11.6 Å². The molecule has 0 aliphatic heterocycles. The van der Waals surface area contributed by atoms with Crippen LogP contribution in [0.25, 0.3) is 71.9 Å². The van der Waals surface area contributed by atoms with Crippen molar-refractivity contribution in [1.29, 1.82) is 0 Å². The van der Waals surface area contributed by atoms with Gasteiger partial charge in [0, 0.05) is 21.7 Å². The first kappa shape index (κ1) is 22.7. The molecule has 0 aliphatic rings. The van der Waals surface area contributed by atoms with Gasteiger partial charge in [0.05, 0.1) is 22.3 Å². The molecule has 0 fully saturated rings. The van der Waals surface area contributed by atoms with E-state index < -0.39 is 11.6 Å². The van der Waals surface area contributed by atoms with Crippen molar-refractivity contribution in [3.8, 4) is 28.2 Å². The van der Waals surface area contributed by atoms with Gasteiger partial charge in [-0.15, -0.1) is 0 Å². The molecule has 0 unspecified atom stereocenters. The summed E-state index contributed by atoms with van der Waals surface area (Å²) in [6, 6.07) is 38.0. The molecule has 6 aromatic carbocycles. The molecule has 8 rings (SSSR count). The maximum absolute atomic E-state index is 14.5. The van der Waals surface area contributed by atoms with E-state index in [1.807, 2.05) is 42.5 Å². The van der Waals surface area contributed by atoms with Crippen LogP contribution in [-0.2, 0) is 0 Å². The van der Waals surface area contributed by atoms with Crippen LogP contribution in [0.1, 0.15) is 0 Å². The van der Waals surface area contributed by atoms with Crippen LogP contribution in [0.5, 0.6) is 0 Å². The van der Waals surface area contributed by atoms with Gasteiger partial charge < -0.3 is 4.42 Å². The van der Waals surface area contributed by atoms with E-state index >= 15 is 0 Å². The minimum absolute atomic E-state index is 0.0608. The number of benzene rings is 6. The lowest BCUT2D eigenvalue weighted by Gasteiger charge is -2.13. The predicted molar refractivity (Wildman–Crippen MR) is 157 cm³/mol. The monoisotopic (exact) mass is 522 g/mol. The minimum atomic E-state index is -0.606. The Labute approximate surface area is 227 Å². The molecule has 0 bridgehead atoms. The SMILES string of the molecule is Fc1cccc(F)c1-c1ccc2c(c1)oc1ccc(-c3nc4ccccc4n3-c3cccc4ccccc34)cc12. The summed E-state index contributed by atoms with van der Waals surface area (Å²) < 4.78 is 37.3. The topological polar surface area (TPSA) is 31.0 Å². The molecule has 2 heterocycles. The summed E-state index contributed by atoms with van der Waals surface area (Å²) in [5.74, 6) is -0.394. The van der Waals surface area contributed by atoms with Crippen molar-refractivity contribution in [3.63, 3.8) is 0 Å². The van der Waals surface area contributed by atoms with Crippen molar-refractivity contribution in [2.75, 3.05) is 0 Å². The molecular weight excluding hydrogens is 502 g/mol. The molecule has 2 aromatic heterocycles. The molecule has 0 saturated carbocycles. The molecule has 5 heteroatoms. The number of para-hydroxylation sites is 2. The lowest BCUT2D eigenvalue weighted by Crippen LogP contribution is -1.98. The molecule has 190 valence electrons. The summed E-state index contributed by atoms with van der Waals surface area (Å²) in [6.07, 6.45) is 0. The minimum Gasteiger partial charge on any atom is -0.456 e. The first-order valence-corrected chi connectivity index (χ1v) is 13.0. The molecule has 0 aliphatic carbocycles. The predicted octanol–water partition coefficient (Wildman–Crippen LogP) is 9.69. The van der Waals surface area contributed by atoms with Crippen molar-refractivity contribution in [2.45, 2.75) is 0 Å². The van der Waals surface area contributed by atoms with E-state index in [-0.39, 0.29) is 5.56 Å². The van der Waals surface area contributed by atoms with E-state index in [1.165, 1.54) is 18.2 Å². The Morgan fingerprint density at radius 3 is 2.23 bits per heavy atom. The second kappa shape index (κ2) is 8.61. The Balaban J connectivity index is 1.35. The first-order valence-electron chi connectivity index (χ1n) is 13.0. The molecule has 0 amide bonds. The highest BCUT2D eigenvalue weighted by atomic mass is 19.1. The van der Waals surface area contributed by atoms with Gasteiger partial charge in [0.25, 0.3) is 0 Å². The van der Waals surface area contributed by atoms with E-state index in [0.29, 0.717) is 16.7 Å². The average Bonchev–Trinajstić information content (AvgIpc) is 3.54. The standard InChI is InChI=1S/C35H20F2N2O/c36-27-10-6-11-28(37)34(27)22-15-17-25-26-19-23(16-18-32(26)40-33(25)20-22)35-38-29-12-3-4-13-31(29)39(35)30-14-5-8-21-7-1-2-9-24(21)30/h1-20H. The highest BCUT2D eigenvalue weighted by Gasteiger charge is 2.18. The Bertz CT molecular complexity index is 2230. The molecule has 0 radical (unpaired) electrons. The molecule has 0 N–H and O–H groups in total. The number of hydrogen-bond donors (Lipinski definition) is 0. The van der Waals surface area contributed by atoms with E-state index in [4.69, 9.17) is 9.40 Å². The fraction of sp³-hybridized carbons (Fsp3) is 0. The third kappa shape index (κ3) is 3.38. The number of hydrogen-bond acceptors (Lipinski definition) is 2. The number of aromatic nitrogens is 2. The third-order valence-corrected chi connectivity index (χ3v) is 7.55. The van der Waals surface area contributed by atoms with Crippen molar-refractivity contribution in [2.24, 2.45) is 0 Å². The largest absolute Gasteiger partial charge is 0.456 e. The summed E-state index contributed by atoms with van der Waals surface area (Å²) in [6.45, 7) is 0.